The number of allylic oxidation sites excluding steroid dienone is 12. The monoisotopic (exact) mass is 1420 g/mol. The third kappa shape index (κ3) is 70.9. The van der Waals surface area contributed by atoms with Crippen molar-refractivity contribution in [1.82, 2.24) is 0 Å². The van der Waals surface area contributed by atoms with E-state index < -0.39 is 97.5 Å². The van der Waals surface area contributed by atoms with Crippen LogP contribution in [-0.4, -0.2) is 96.7 Å². The maximum atomic E-state index is 13.1. The Morgan fingerprint density at radius 1 is 0.286 bits per heavy atom. The molecule has 0 aliphatic carbocycles. The lowest BCUT2D eigenvalue weighted by Crippen LogP contribution is -2.30. The molecule has 0 aliphatic rings. The van der Waals surface area contributed by atoms with Crippen LogP contribution in [0.5, 0.6) is 0 Å². The van der Waals surface area contributed by atoms with Gasteiger partial charge in [-0.05, 0) is 116 Å². The highest BCUT2D eigenvalue weighted by Crippen LogP contribution is 2.45. The number of hydrogen-bond donors (Lipinski definition) is 3. The summed E-state index contributed by atoms with van der Waals surface area (Å²) in [6.07, 6.45) is 71.8. The highest BCUT2D eigenvalue weighted by molar-refractivity contribution is 7.47. The van der Waals surface area contributed by atoms with E-state index in [-0.39, 0.29) is 25.7 Å². The average molecular weight is 1430 g/mol. The van der Waals surface area contributed by atoms with Crippen LogP contribution in [0.25, 0.3) is 0 Å². The van der Waals surface area contributed by atoms with Crippen molar-refractivity contribution in [3.05, 3.63) is 72.9 Å². The molecule has 0 spiro atoms. The number of hydrogen-bond acceptors (Lipinski definition) is 15. The highest BCUT2D eigenvalue weighted by Gasteiger charge is 2.30. The first-order valence-electron chi connectivity index (χ1n) is 39.2. The number of aliphatic hydroxyl groups is 1. The number of esters is 4. The van der Waals surface area contributed by atoms with Crippen molar-refractivity contribution >= 4 is 39.5 Å². The molecule has 0 bridgehead atoms. The molecule has 98 heavy (non-hydrogen) atoms. The first kappa shape index (κ1) is 94.5. The maximum Gasteiger partial charge on any atom is 0.472 e. The van der Waals surface area contributed by atoms with Gasteiger partial charge in [0, 0.05) is 25.7 Å². The molecule has 0 aromatic carbocycles. The molecule has 570 valence electrons. The van der Waals surface area contributed by atoms with Gasteiger partial charge in [-0.25, -0.2) is 9.13 Å². The fraction of sp³-hybridized carbons (Fsp3) is 0.797. The van der Waals surface area contributed by atoms with E-state index in [2.05, 4.69) is 88.5 Å². The molecule has 0 fully saturated rings. The Morgan fingerprint density at radius 3 is 0.847 bits per heavy atom. The molecule has 0 aromatic heterocycles. The quantitative estimate of drug-likeness (QED) is 0.0169. The van der Waals surface area contributed by atoms with Gasteiger partial charge in [-0.1, -0.05) is 280 Å². The molecule has 0 aliphatic heterocycles. The number of phosphoric ester groups is 2. The third-order valence-corrected chi connectivity index (χ3v) is 18.5. The van der Waals surface area contributed by atoms with Gasteiger partial charge in [0.05, 0.1) is 26.4 Å². The number of phosphoric acid groups is 2. The van der Waals surface area contributed by atoms with Gasteiger partial charge in [0.1, 0.15) is 19.3 Å². The molecule has 5 atom stereocenters. The van der Waals surface area contributed by atoms with Gasteiger partial charge in [0.15, 0.2) is 12.2 Å². The molecule has 0 aromatic rings. The van der Waals surface area contributed by atoms with E-state index in [1.807, 2.05) is 12.2 Å². The van der Waals surface area contributed by atoms with E-state index in [0.29, 0.717) is 32.1 Å². The minimum Gasteiger partial charge on any atom is -0.462 e. The fourth-order valence-electron chi connectivity index (χ4n) is 10.6. The summed E-state index contributed by atoms with van der Waals surface area (Å²) in [7, 11) is -9.96. The maximum absolute atomic E-state index is 13.1. The van der Waals surface area contributed by atoms with Crippen LogP contribution in [0, 0.1) is 0 Å². The normalized spacial score (nSPS) is 14.3. The van der Waals surface area contributed by atoms with Crippen LogP contribution in [0.15, 0.2) is 72.9 Å². The first-order chi connectivity index (χ1) is 47.7. The van der Waals surface area contributed by atoms with E-state index in [0.717, 1.165) is 122 Å². The number of ether oxygens (including phenoxy) is 4. The summed E-state index contributed by atoms with van der Waals surface area (Å²) >= 11 is 0. The zero-order valence-corrected chi connectivity index (χ0v) is 64.0. The Labute approximate surface area is 596 Å². The Kier molecular flexibility index (Phi) is 69.3. The number of aliphatic hydroxyl groups excluding tert-OH is 1. The minimum atomic E-state index is -4.98. The summed E-state index contributed by atoms with van der Waals surface area (Å²) < 4.78 is 68.4. The van der Waals surface area contributed by atoms with Crippen molar-refractivity contribution in [1.29, 1.82) is 0 Å². The van der Waals surface area contributed by atoms with E-state index in [9.17, 15) is 43.2 Å². The smallest absolute Gasteiger partial charge is 0.462 e. The lowest BCUT2D eigenvalue weighted by molar-refractivity contribution is -0.161. The molecule has 0 saturated heterocycles. The van der Waals surface area contributed by atoms with E-state index in [1.54, 1.807) is 0 Å². The second kappa shape index (κ2) is 71.9. The molecule has 0 amide bonds. The van der Waals surface area contributed by atoms with Gasteiger partial charge in [-0.15, -0.1) is 0 Å². The summed E-state index contributed by atoms with van der Waals surface area (Å²) in [5.41, 5.74) is 0. The zero-order chi connectivity index (χ0) is 71.8. The molecule has 0 heterocycles. The van der Waals surface area contributed by atoms with Gasteiger partial charge in [0.2, 0.25) is 0 Å². The number of carbonyl (C=O) groups excluding carboxylic acids is 4. The lowest BCUT2D eigenvalue weighted by Gasteiger charge is -2.21. The molecule has 3 N–H and O–H groups in total. The van der Waals surface area contributed by atoms with Crippen LogP contribution in [-0.2, 0) is 65.4 Å². The molecular weight excluding hydrogens is 1280 g/mol. The van der Waals surface area contributed by atoms with Crippen molar-refractivity contribution in [3.8, 4) is 0 Å². The molecule has 17 nitrogen and oxygen atoms in total. The van der Waals surface area contributed by atoms with Gasteiger partial charge in [-0.2, -0.15) is 0 Å². The van der Waals surface area contributed by atoms with Crippen LogP contribution >= 0.6 is 15.6 Å². The predicted octanol–water partition coefficient (Wildman–Crippen LogP) is 22.4. The standard InChI is InChI=1S/C79H142O17P2/c1-5-9-13-17-21-25-29-33-35-36-38-42-46-50-54-58-62-66-79(84)96-75(70-90-77(82)64-60-56-52-48-44-40-32-28-24-20-16-12-8-4)72-94-98(87,88)92-68-73(80)67-91-97(85,86)93-71-74(69-89-76(81)63-59-55-51-47-43-39-31-27-23-19-15-11-7-3)95-78(83)65-61-57-53-49-45-41-37-34-30-26-22-18-14-10-6-2/h21,25,27,31,33-35,37-38,42,50,54,73-75,80H,5-20,22-24,26,28-30,32,36,39-41,43-49,51-53,55-72H2,1-4H3,(H,85,86)(H,87,88)/b25-21-,31-27-,35-33-,37-34-,42-38-,54-50-/t73-,74+,75+/m0/s1. The number of carbonyl (C=O) groups is 4. The van der Waals surface area contributed by atoms with Crippen molar-refractivity contribution in [2.45, 2.75) is 367 Å². The van der Waals surface area contributed by atoms with Crippen LogP contribution in [0.3, 0.4) is 0 Å². The Bertz CT molecular complexity index is 2140. The highest BCUT2D eigenvalue weighted by atomic mass is 31.2. The van der Waals surface area contributed by atoms with Crippen LogP contribution in [0.1, 0.15) is 349 Å². The van der Waals surface area contributed by atoms with Gasteiger partial charge in [-0.3, -0.25) is 37.3 Å². The Morgan fingerprint density at radius 2 is 0.510 bits per heavy atom. The van der Waals surface area contributed by atoms with Gasteiger partial charge >= 0.3 is 39.5 Å². The molecule has 0 saturated carbocycles. The van der Waals surface area contributed by atoms with E-state index >= 15 is 0 Å². The Hall–Kier alpha value is -3.50. The number of unbranched alkanes of at least 4 members (excludes halogenated alkanes) is 36. The second-order valence-electron chi connectivity index (χ2n) is 26.3. The summed E-state index contributed by atoms with van der Waals surface area (Å²) in [5, 5.41) is 10.6. The van der Waals surface area contributed by atoms with Crippen LogP contribution in [0.4, 0.5) is 0 Å². The number of rotatable bonds is 74. The lowest BCUT2D eigenvalue weighted by atomic mass is 10.0. The van der Waals surface area contributed by atoms with Gasteiger partial charge < -0.3 is 33.8 Å². The molecule has 2 unspecified atom stereocenters. The summed E-state index contributed by atoms with van der Waals surface area (Å²) in [5.74, 6) is -2.23. The predicted molar refractivity (Wildman–Crippen MR) is 400 cm³/mol. The topological polar surface area (TPSA) is 237 Å². The molecule has 0 radical (unpaired) electrons. The van der Waals surface area contributed by atoms with Crippen molar-refractivity contribution in [2.75, 3.05) is 39.6 Å². The van der Waals surface area contributed by atoms with E-state index in [1.165, 1.54) is 141 Å². The molecule has 0 rings (SSSR count). The average Bonchev–Trinajstić information content (AvgIpc) is 1.05. The van der Waals surface area contributed by atoms with E-state index in [4.69, 9.17) is 37.0 Å². The summed E-state index contributed by atoms with van der Waals surface area (Å²) in [4.78, 5) is 72.8. The summed E-state index contributed by atoms with van der Waals surface area (Å²) in [6.45, 7) is 4.79. The molecule has 19 heteroatoms. The van der Waals surface area contributed by atoms with Crippen molar-refractivity contribution < 1.29 is 80.2 Å². The third-order valence-electron chi connectivity index (χ3n) is 16.6. The summed E-state index contributed by atoms with van der Waals surface area (Å²) in [6, 6.07) is 0. The minimum absolute atomic E-state index is 0.0228. The second-order valence-corrected chi connectivity index (χ2v) is 29.2. The molecular formula is C79H142O17P2. The largest absolute Gasteiger partial charge is 0.472 e. The van der Waals surface area contributed by atoms with Crippen molar-refractivity contribution in [3.63, 3.8) is 0 Å². The fourth-order valence-corrected chi connectivity index (χ4v) is 12.2. The van der Waals surface area contributed by atoms with Crippen molar-refractivity contribution in [2.24, 2.45) is 0 Å². The SMILES string of the molecule is CCCCC/C=C\C/C=C\C/C=C\C/C=C\CCCC(=O)O[C@H](COC(=O)CCCCCCCCCCCCCCC)COP(=O)(O)OC[C@@H](O)COP(=O)(O)OC[C@@H](COC(=O)CCCCCCC/C=C\CCCCCC)OC(=O)CCCCCCC/C=C\CCCCCCCC. The zero-order valence-electron chi connectivity index (χ0n) is 62.2. The van der Waals surface area contributed by atoms with Gasteiger partial charge in [0.25, 0.3) is 0 Å². The first-order valence-corrected chi connectivity index (χ1v) is 42.2. The van der Waals surface area contributed by atoms with Crippen LogP contribution < -0.4 is 0 Å². The Balaban J connectivity index is 5.39. The van der Waals surface area contributed by atoms with Crippen LogP contribution in [0.2, 0.25) is 0 Å².